The van der Waals surface area contributed by atoms with Crippen molar-refractivity contribution < 1.29 is 13.3 Å². The molecule has 11 nitrogen and oxygen atoms in total. The monoisotopic (exact) mass is 440 g/mol. The first kappa shape index (κ1) is 16.5. The Morgan fingerprint density at radius 3 is 2.84 bits per heavy atom. The molecule has 1 amide bonds. The maximum absolute atomic E-state index is 13.2. The Labute approximate surface area is 185 Å². The van der Waals surface area contributed by atoms with Crippen molar-refractivity contribution in [3.05, 3.63) is 58.9 Å². The van der Waals surface area contributed by atoms with E-state index in [2.05, 4.69) is 31.1 Å². The number of hydrogen-bond acceptors (Lipinski definition) is 7. The maximum atomic E-state index is 13.2. The summed E-state index contributed by atoms with van der Waals surface area (Å²) < 4.78 is 38.9. The van der Waals surface area contributed by atoms with E-state index < -0.39 is 30.7 Å². The molecule has 164 valence electrons. The lowest BCUT2D eigenvalue weighted by atomic mass is 10.3. The van der Waals surface area contributed by atoms with E-state index in [-0.39, 0.29) is 29.4 Å². The minimum atomic E-state index is -2.47. The highest BCUT2D eigenvalue weighted by molar-refractivity contribution is 5.94. The number of aromatic nitrogens is 6. The summed E-state index contributed by atoms with van der Waals surface area (Å²) in [5.74, 6) is -0.151. The van der Waals surface area contributed by atoms with E-state index in [0.717, 1.165) is 4.68 Å². The molecule has 0 radical (unpaired) electrons. The second kappa shape index (κ2) is 7.48. The Kier molecular flexibility index (Phi) is 3.85. The summed E-state index contributed by atoms with van der Waals surface area (Å²) in [5.41, 5.74) is 0.650. The van der Waals surface area contributed by atoms with Crippen LogP contribution < -0.4 is 21.5 Å². The number of alkyl halides is 1. The van der Waals surface area contributed by atoms with Gasteiger partial charge in [-0.1, -0.05) is 0 Å². The molecule has 32 heavy (non-hydrogen) atoms. The van der Waals surface area contributed by atoms with Crippen LogP contribution in [0.15, 0.2) is 47.7 Å². The molecular weight excluding hydrogens is 417 g/mol. The molecule has 2 atom stereocenters. The first-order valence-corrected chi connectivity index (χ1v) is 9.72. The molecule has 12 heteroatoms. The third-order valence-corrected chi connectivity index (χ3v) is 5.03. The van der Waals surface area contributed by atoms with Crippen LogP contribution in [0.4, 0.5) is 21.6 Å². The van der Waals surface area contributed by atoms with Gasteiger partial charge in [-0.15, -0.1) is 5.10 Å². The van der Waals surface area contributed by atoms with Crippen LogP contribution in [0.5, 0.6) is 0 Å². The van der Waals surface area contributed by atoms with Crippen LogP contribution in [-0.4, -0.2) is 54.1 Å². The Hall–Kier alpha value is -4.22. The summed E-state index contributed by atoms with van der Waals surface area (Å²) in [4.78, 5) is 29.9. The van der Waals surface area contributed by atoms with Crippen LogP contribution >= 0.6 is 0 Å². The van der Waals surface area contributed by atoms with Gasteiger partial charge in [0.15, 0.2) is 23.0 Å². The van der Waals surface area contributed by atoms with Gasteiger partial charge < -0.3 is 16.0 Å². The summed E-state index contributed by atoms with van der Waals surface area (Å²) in [6, 6.07) is 5.63. The number of imidazole rings is 1. The molecule has 4 heterocycles. The van der Waals surface area contributed by atoms with Crippen molar-refractivity contribution in [1.82, 2.24) is 34.3 Å². The average Bonchev–Trinajstić information content (AvgIpc) is 3.21. The number of carbonyl (C=O) groups excluding carboxylic acids is 1. The lowest BCUT2D eigenvalue weighted by molar-refractivity contribution is 0.0940. The SMILES string of the molecule is [2H]C([2H])([2H])n1ccc(-n2cccc(Nc3cc(NC)c4ncc(C(=O)N[C@@H]5C[C@@H]5F)n4n3)c2=O)n1. The van der Waals surface area contributed by atoms with Crippen LogP contribution in [0.25, 0.3) is 11.5 Å². The molecule has 1 saturated carbocycles. The van der Waals surface area contributed by atoms with Crippen LogP contribution in [-0.2, 0) is 6.98 Å². The second-order valence-corrected chi connectivity index (χ2v) is 7.24. The molecule has 4 aromatic heterocycles. The van der Waals surface area contributed by atoms with E-state index >= 15 is 0 Å². The molecule has 0 bridgehead atoms. The maximum Gasteiger partial charge on any atom is 0.280 e. The van der Waals surface area contributed by atoms with Gasteiger partial charge in [-0.25, -0.2) is 13.9 Å². The normalized spacial score (nSPS) is 19.1. The number of hydrogen-bond donors (Lipinski definition) is 3. The molecule has 3 N–H and O–H groups in total. The number of anilines is 3. The van der Waals surface area contributed by atoms with Crippen molar-refractivity contribution in [2.45, 2.75) is 18.6 Å². The summed E-state index contributed by atoms with van der Waals surface area (Å²) >= 11 is 0. The van der Waals surface area contributed by atoms with Crippen LogP contribution in [0.3, 0.4) is 0 Å². The predicted octanol–water partition coefficient (Wildman–Crippen LogP) is 1.24. The number of pyridine rings is 1. The summed E-state index contributed by atoms with van der Waals surface area (Å²) in [7, 11) is 1.67. The van der Waals surface area contributed by atoms with E-state index in [1.165, 1.54) is 39.8 Å². The highest BCUT2D eigenvalue weighted by Crippen LogP contribution is 2.26. The highest BCUT2D eigenvalue weighted by Gasteiger charge is 2.39. The zero-order chi connectivity index (χ0) is 24.9. The number of aryl methyl sites for hydroxylation is 1. The lowest BCUT2D eigenvalue weighted by Crippen LogP contribution is -2.28. The fraction of sp³-hybridized carbons (Fsp3) is 0.250. The molecular formula is C20H20FN9O2. The summed E-state index contributed by atoms with van der Waals surface area (Å²) in [5, 5.41) is 16.9. The molecule has 0 spiro atoms. The van der Waals surface area contributed by atoms with Crippen LogP contribution in [0.2, 0.25) is 0 Å². The van der Waals surface area contributed by atoms with Gasteiger partial charge in [0.1, 0.15) is 11.9 Å². The highest BCUT2D eigenvalue weighted by atomic mass is 19.1. The van der Waals surface area contributed by atoms with Crippen molar-refractivity contribution in [3.8, 4) is 5.82 Å². The first-order chi connectivity index (χ1) is 16.7. The van der Waals surface area contributed by atoms with Gasteiger partial charge in [0.25, 0.3) is 11.5 Å². The largest absolute Gasteiger partial charge is 0.385 e. The molecule has 5 rings (SSSR count). The van der Waals surface area contributed by atoms with Crippen molar-refractivity contribution in [1.29, 1.82) is 0 Å². The Balaban J connectivity index is 1.49. The average molecular weight is 440 g/mol. The van der Waals surface area contributed by atoms with E-state index in [4.69, 9.17) is 4.11 Å². The molecule has 0 aliphatic heterocycles. The number of rotatable bonds is 6. The van der Waals surface area contributed by atoms with Crippen molar-refractivity contribution in [3.63, 3.8) is 0 Å². The Morgan fingerprint density at radius 1 is 1.28 bits per heavy atom. The third-order valence-electron chi connectivity index (χ3n) is 5.03. The predicted molar refractivity (Wildman–Crippen MR) is 115 cm³/mol. The molecule has 4 aromatic rings. The second-order valence-electron chi connectivity index (χ2n) is 7.24. The molecule has 1 fully saturated rings. The molecule has 0 saturated heterocycles. The number of carbonyl (C=O) groups is 1. The summed E-state index contributed by atoms with van der Waals surface area (Å²) in [6.07, 6.45) is 3.29. The summed E-state index contributed by atoms with van der Waals surface area (Å²) in [6.45, 7) is -2.47. The van der Waals surface area contributed by atoms with Crippen molar-refractivity contribution in [2.24, 2.45) is 6.98 Å². The van der Waals surface area contributed by atoms with Gasteiger partial charge in [-0.2, -0.15) is 5.10 Å². The van der Waals surface area contributed by atoms with Gasteiger partial charge in [-0.05, 0) is 12.1 Å². The minimum absolute atomic E-state index is 0.111. The van der Waals surface area contributed by atoms with Gasteiger partial charge in [0, 0.05) is 49.1 Å². The topological polar surface area (TPSA) is 123 Å². The number of nitrogens with one attached hydrogen (secondary N) is 3. The van der Waals surface area contributed by atoms with Crippen LogP contribution in [0.1, 0.15) is 21.0 Å². The van der Waals surface area contributed by atoms with Crippen molar-refractivity contribution in [2.75, 3.05) is 17.7 Å². The zero-order valence-corrected chi connectivity index (χ0v) is 16.8. The van der Waals surface area contributed by atoms with E-state index in [9.17, 15) is 14.0 Å². The van der Waals surface area contributed by atoms with Crippen LogP contribution in [0, 0.1) is 0 Å². The lowest BCUT2D eigenvalue weighted by Gasteiger charge is -2.11. The number of amides is 1. The molecule has 1 aliphatic carbocycles. The molecule has 1 aliphatic rings. The number of fused-ring (bicyclic) bond motifs is 1. The van der Waals surface area contributed by atoms with Gasteiger partial charge in [0.2, 0.25) is 0 Å². The molecule has 0 aromatic carbocycles. The third kappa shape index (κ3) is 3.45. The van der Waals surface area contributed by atoms with Gasteiger partial charge in [-0.3, -0.25) is 18.8 Å². The van der Waals surface area contributed by atoms with Gasteiger partial charge >= 0.3 is 0 Å². The van der Waals surface area contributed by atoms with E-state index in [1.807, 2.05) is 0 Å². The Bertz CT molecular complexity index is 1490. The van der Waals surface area contributed by atoms with E-state index in [1.54, 1.807) is 19.2 Å². The fourth-order valence-corrected chi connectivity index (χ4v) is 3.27. The zero-order valence-electron chi connectivity index (χ0n) is 19.8. The first-order valence-electron chi connectivity index (χ1n) is 11.2. The minimum Gasteiger partial charge on any atom is -0.385 e. The van der Waals surface area contributed by atoms with E-state index in [0.29, 0.717) is 11.3 Å². The number of halogens is 1. The number of nitrogens with zero attached hydrogens (tertiary/aromatic N) is 6. The quantitative estimate of drug-likeness (QED) is 0.412. The van der Waals surface area contributed by atoms with Crippen molar-refractivity contribution >= 4 is 28.7 Å². The molecule has 0 unspecified atom stereocenters. The fourth-order valence-electron chi connectivity index (χ4n) is 3.27. The Morgan fingerprint density at radius 2 is 2.12 bits per heavy atom. The smallest absolute Gasteiger partial charge is 0.280 e. The van der Waals surface area contributed by atoms with Gasteiger partial charge in [0.05, 0.1) is 17.9 Å². The standard InChI is InChI=1S/C20H20FN9O2/c1-22-14-9-16(24-12-4-3-6-29(20(12)32)17-5-7-28(2)27-17)26-30-15(10-23-18(14)30)19(31)25-13-8-11(13)21/h3-7,9-11,13,22H,8H2,1-2H3,(H,24,26)(H,25,31)/t11-,13+/m0/s1/i2D3.